The van der Waals surface area contributed by atoms with Gasteiger partial charge in [0.2, 0.25) is 5.91 Å². The van der Waals surface area contributed by atoms with Crippen LogP contribution < -0.4 is 10.6 Å². The van der Waals surface area contributed by atoms with Gasteiger partial charge in [-0.1, -0.05) is 68.8 Å². The molecule has 9 nitrogen and oxygen atoms in total. The fourth-order valence-corrected chi connectivity index (χ4v) is 4.32. The quantitative estimate of drug-likeness (QED) is 0.304. The first-order chi connectivity index (χ1) is 18.9. The highest BCUT2D eigenvalue weighted by Gasteiger charge is 2.39. The van der Waals surface area contributed by atoms with Gasteiger partial charge in [0, 0.05) is 11.3 Å². The molecule has 0 aliphatic rings. The van der Waals surface area contributed by atoms with E-state index in [9.17, 15) is 24.8 Å². The van der Waals surface area contributed by atoms with E-state index in [0.29, 0.717) is 12.1 Å². The molecule has 0 aliphatic heterocycles. The molecule has 40 heavy (non-hydrogen) atoms. The molecule has 0 bridgehead atoms. The zero-order valence-corrected chi connectivity index (χ0v) is 23.5. The molecule has 0 radical (unpaired) electrons. The first kappa shape index (κ1) is 30.0. The van der Waals surface area contributed by atoms with Crippen molar-refractivity contribution in [2.24, 2.45) is 5.92 Å². The Labute approximate surface area is 234 Å². The van der Waals surface area contributed by atoms with Crippen molar-refractivity contribution in [3.8, 4) is 11.8 Å². The first-order valence-electron chi connectivity index (χ1n) is 13.2. The Morgan fingerprint density at radius 1 is 1.02 bits per heavy atom. The van der Waals surface area contributed by atoms with Crippen LogP contribution in [0.4, 0.5) is 10.5 Å². The highest BCUT2D eigenvalue weighted by Crippen LogP contribution is 2.31. The third-order valence-electron chi connectivity index (χ3n) is 6.48. The minimum Gasteiger partial charge on any atom is -0.508 e. The lowest BCUT2D eigenvalue weighted by atomic mass is 9.95. The number of nitrogens with zero attached hydrogens (tertiary/aromatic N) is 2. The van der Waals surface area contributed by atoms with Gasteiger partial charge in [0.25, 0.3) is 5.91 Å². The number of nitriles is 1. The molecule has 0 fully saturated rings. The second kappa shape index (κ2) is 13.0. The maximum Gasteiger partial charge on any atom is 0.408 e. The van der Waals surface area contributed by atoms with Crippen molar-refractivity contribution in [3.63, 3.8) is 0 Å². The molecule has 0 spiro atoms. The monoisotopic (exact) mass is 544 g/mol. The van der Waals surface area contributed by atoms with E-state index in [-0.39, 0.29) is 17.2 Å². The number of benzene rings is 3. The number of carbonyl (C=O) groups excluding carboxylic acids is 3. The number of ether oxygens (including phenoxy) is 1. The van der Waals surface area contributed by atoms with E-state index >= 15 is 0 Å². The largest absolute Gasteiger partial charge is 0.508 e. The number of amides is 3. The predicted octanol–water partition coefficient (Wildman–Crippen LogP) is 5.52. The first-order valence-corrected chi connectivity index (χ1v) is 13.2. The number of hydrogen-bond donors (Lipinski definition) is 3. The van der Waals surface area contributed by atoms with Gasteiger partial charge in [-0.05, 0) is 55.7 Å². The average molecular weight is 545 g/mol. The second-order valence-corrected chi connectivity index (χ2v) is 10.6. The molecule has 3 rings (SSSR count). The number of phenols is 1. The van der Waals surface area contributed by atoms with E-state index in [4.69, 9.17) is 4.74 Å². The Kier molecular flexibility index (Phi) is 9.73. The molecule has 0 saturated carbocycles. The molecule has 3 aromatic rings. The zero-order valence-electron chi connectivity index (χ0n) is 23.5. The maximum atomic E-state index is 14.0. The highest BCUT2D eigenvalue weighted by atomic mass is 16.6. The van der Waals surface area contributed by atoms with Crippen molar-refractivity contribution in [2.75, 3.05) is 11.9 Å². The van der Waals surface area contributed by atoms with E-state index in [1.165, 1.54) is 12.1 Å². The number of rotatable bonds is 9. The van der Waals surface area contributed by atoms with Crippen LogP contribution >= 0.6 is 0 Å². The normalized spacial score (nSPS) is 13.4. The lowest BCUT2D eigenvalue weighted by molar-refractivity contribution is -0.141. The molecule has 3 atom stereocenters. The summed E-state index contributed by atoms with van der Waals surface area (Å²) in [5.74, 6) is -1.84. The minimum atomic E-state index is -1.37. The van der Waals surface area contributed by atoms with Gasteiger partial charge in [-0.15, -0.1) is 0 Å². The summed E-state index contributed by atoms with van der Waals surface area (Å²) in [5.41, 5.74) is -0.166. The van der Waals surface area contributed by atoms with Crippen LogP contribution in [-0.2, 0) is 14.3 Å². The Morgan fingerprint density at radius 3 is 2.30 bits per heavy atom. The van der Waals surface area contributed by atoms with Gasteiger partial charge in [-0.2, -0.15) is 5.26 Å². The Balaban J connectivity index is 2.03. The summed E-state index contributed by atoms with van der Waals surface area (Å²) in [6, 6.07) is 18.7. The topological polar surface area (TPSA) is 132 Å². The third-order valence-corrected chi connectivity index (χ3v) is 6.48. The van der Waals surface area contributed by atoms with Gasteiger partial charge in [0.15, 0.2) is 0 Å². The highest BCUT2D eigenvalue weighted by molar-refractivity contribution is 6.00. The van der Waals surface area contributed by atoms with E-state index < -0.39 is 42.1 Å². The van der Waals surface area contributed by atoms with Crippen molar-refractivity contribution in [2.45, 2.75) is 58.7 Å². The predicted molar refractivity (Wildman–Crippen MR) is 153 cm³/mol. The van der Waals surface area contributed by atoms with E-state index in [2.05, 4.69) is 10.6 Å². The number of aromatic hydroxyl groups is 1. The number of hydrogen-bond acceptors (Lipinski definition) is 6. The van der Waals surface area contributed by atoms with Crippen LogP contribution in [0.1, 0.15) is 52.6 Å². The summed E-state index contributed by atoms with van der Waals surface area (Å²) in [4.78, 5) is 41.6. The molecule has 3 unspecified atom stereocenters. The van der Waals surface area contributed by atoms with Crippen LogP contribution in [0.25, 0.3) is 10.8 Å². The molecule has 0 aliphatic carbocycles. The van der Waals surface area contributed by atoms with Crippen molar-refractivity contribution >= 4 is 34.4 Å². The van der Waals surface area contributed by atoms with Crippen LogP contribution in [0.2, 0.25) is 0 Å². The Bertz CT molecular complexity index is 1410. The smallest absolute Gasteiger partial charge is 0.408 e. The fraction of sp³-hybridized carbons (Fsp3) is 0.355. The van der Waals surface area contributed by atoms with Gasteiger partial charge >= 0.3 is 6.09 Å². The molecule has 0 saturated heterocycles. The van der Waals surface area contributed by atoms with Gasteiger partial charge in [-0.3, -0.25) is 9.59 Å². The molecule has 3 amide bonds. The van der Waals surface area contributed by atoms with Crippen LogP contribution in [0, 0.1) is 17.2 Å². The van der Waals surface area contributed by atoms with Crippen molar-refractivity contribution in [3.05, 3.63) is 72.3 Å². The number of para-hydroxylation sites is 1. The van der Waals surface area contributed by atoms with E-state index in [1.54, 1.807) is 52.0 Å². The Hall–Kier alpha value is -4.58. The van der Waals surface area contributed by atoms with Crippen molar-refractivity contribution in [1.29, 1.82) is 5.26 Å². The average Bonchev–Trinajstić information content (AvgIpc) is 2.90. The third kappa shape index (κ3) is 7.50. The molecule has 9 heteroatoms. The molecule has 0 aromatic heterocycles. The van der Waals surface area contributed by atoms with E-state index in [0.717, 1.165) is 15.7 Å². The van der Waals surface area contributed by atoms with E-state index in [1.807, 2.05) is 43.3 Å². The number of anilines is 1. The summed E-state index contributed by atoms with van der Waals surface area (Å²) in [7, 11) is 0. The number of fused-ring (bicyclic) bond motifs is 1. The Morgan fingerprint density at radius 2 is 1.68 bits per heavy atom. The molecule has 210 valence electrons. The van der Waals surface area contributed by atoms with Crippen molar-refractivity contribution in [1.82, 2.24) is 10.2 Å². The van der Waals surface area contributed by atoms with Crippen LogP contribution in [0.15, 0.2) is 66.7 Å². The molecule has 0 heterocycles. The summed E-state index contributed by atoms with van der Waals surface area (Å²) < 4.78 is 5.37. The number of alkyl carbamates (subject to hydrolysis) is 1. The molecular formula is C31H36N4O5. The van der Waals surface area contributed by atoms with Crippen LogP contribution in [0.5, 0.6) is 5.75 Å². The standard InChI is InChI=1S/C31H36N4O5/c1-6-20(2)26(34-30(39)40-31(3,4)5)29(38)35(18-17-32)27(24-13-9-10-14-25(24)36)28(37)33-23-16-15-21-11-7-8-12-22(21)19-23/h7-16,19-20,26-27,36H,6,18H2,1-5H3,(H,33,37)(H,34,39). The summed E-state index contributed by atoms with van der Waals surface area (Å²) in [6.45, 7) is 8.31. The van der Waals surface area contributed by atoms with Crippen LogP contribution in [-0.4, -0.2) is 46.1 Å². The van der Waals surface area contributed by atoms with Crippen LogP contribution in [0.3, 0.4) is 0 Å². The zero-order chi connectivity index (χ0) is 29.4. The maximum absolute atomic E-state index is 14.0. The van der Waals surface area contributed by atoms with Gasteiger partial charge in [-0.25, -0.2) is 4.79 Å². The fourth-order valence-electron chi connectivity index (χ4n) is 4.32. The van der Waals surface area contributed by atoms with Gasteiger partial charge in [0.05, 0.1) is 6.07 Å². The van der Waals surface area contributed by atoms with Gasteiger partial charge in [0.1, 0.15) is 30.0 Å². The lowest BCUT2D eigenvalue weighted by Crippen LogP contribution is -2.54. The number of nitrogens with one attached hydrogen (secondary N) is 2. The number of carbonyl (C=O) groups is 3. The SMILES string of the molecule is CCC(C)C(NC(=O)OC(C)(C)C)C(=O)N(CC#N)C(C(=O)Nc1ccc2ccccc2c1)c1ccccc1O. The minimum absolute atomic E-state index is 0.143. The summed E-state index contributed by atoms with van der Waals surface area (Å²) in [6.07, 6.45) is -0.264. The van der Waals surface area contributed by atoms with Crippen molar-refractivity contribution < 1.29 is 24.2 Å². The molecule has 3 N–H and O–H groups in total. The molecular weight excluding hydrogens is 508 g/mol. The second-order valence-electron chi connectivity index (χ2n) is 10.6. The summed E-state index contributed by atoms with van der Waals surface area (Å²) >= 11 is 0. The van der Waals surface area contributed by atoms with Gasteiger partial charge < -0.3 is 25.4 Å². The lowest BCUT2D eigenvalue weighted by Gasteiger charge is -2.34. The number of phenolic OH excluding ortho intramolecular Hbond substituents is 1. The summed E-state index contributed by atoms with van der Waals surface area (Å²) in [5, 5.41) is 27.8. The molecule has 3 aromatic carbocycles.